The Balaban J connectivity index is 2.34. The fraction of sp³-hybridized carbons (Fsp3) is 0.455. The average molecular weight is 255 g/mol. The van der Waals surface area contributed by atoms with Gasteiger partial charge in [-0.05, 0) is 38.1 Å². The van der Waals surface area contributed by atoms with Crippen molar-refractivity contribution in [2.75, 3.05) is 24.7 Å². The Morgan fingerprint density at radius 3 is 2.53 bits per heavy atom. The number of hydrogen-bond donors (Lipinski definition) is 2. The first-order valence-electron chi connectivity index (χ1n) is 5.51. The van der Waals surface area contributed by atoms with Crippen LogP contribution in [0.25, 0.3) is 0 Å². The molecule has 0 unspecified atom stereocenters. The Labute approximate surface area is 102 Å². The first-order valence-corrected chi connectivity index (χ1v) is 7.00. The summed E-state index contributed by atoms with van der Waals surface area (Å²) >= 11 is 0. The summed E-state index contributed by atoms with van der Waals surface area (Å²) in [5.74, 6) is 0. The molecule has 6 heteroatoms. The van der Waals surface area contributed by atoms with Crippen LogP contribution in [0.5, 0.6) is 0 Å². The molecule has 0 aliphatic heterocycles. The molecule has 3 N–H and O–H groups in total. The van der Waals surface area contributed by atoms with Crippen LogP contribution in [0, 0.1) is 0 Å². The zero-order valence-electron chi connectivity index (χ0n) is 9.97. The summed E-state index contributed by atoms with van der Waals surface area (Å²) in [6.45, 7) is 0. The normalized spacial score (nSPS) is 15.9. The molecule has 0 heterocycles. The maximum Gasteiger partial charge on any atom is 0.240 e. The highest BCUT2D eigenvalue weighted by atomic mass is 32.2. The molecule has 1 aliphatic carbocycles. The minimum atomic E-state index is -3.42. The third-order valence-corrected chi connectivity index (χ3v) is 4.46. The molecule has 0 atom stereocenters. The smallest absolute Gasteiger partial charge is 0.240 e. The van der Waals surface area contributed by atoms with E-state index in [0.29, 0.717) is 11.7 Å². The van der Waals surface area contributed by atoms with E-state index in [4.69, 9.17) is 5.73 Å². The van der Waals surface area contributed by atoms with Gasteiger partial charge in [0.05, 0.1) is 16.3 Å². The predicted molar refractivity (Wildman–Crippen MR) is 68.5 cm³/mol. The summed E-state index contributed by atoms with van der Waals surface area (Å²) in [5.41, 5.74) is 7.29. The van der Waals surface area contributed by atoms with Crippen LogP contribution in [0.2, 0.25) is 0 Å². The second kappa shape index (κ2) is 4.19. The number of hydrogen-bond acceptors (Lipinski definition) is 4. The number of sulfonamides is 1. The maximum atomic E-state index is 11.6. The second-order valence-electron chi connectivity index (χ2n) is 4.27. The molecule has 0 amide bonds. The van der Waals surface area contributed by atoms with Crippen molar-refractivity contribution in [3.63, 3.8) is 0 Å². The molecule has 0 spiro atoms. The lowest BCUT2D eigenvalue weighted by Crippen LogP contribution is -2.22. The molecule has 94 valence electrons. The van der Waals surface area contributed by atoms with Gasteiger partial charge in [-0.2, -0.15) is 0 Å². The number of nitrogens with two attached hydrogens (primary N) is 1. The first-order chi connectivity index (χ1) is 7.95. The van der Waals surface area contributed by atoms with Gasteiger partial charge >= 0.3 is 0 Å². The van der Waals surface area contributed by atoms with Crippen molar-refractivity contribution in [1.29, 1.82) is 0 Å². The van der Waals surface area contributed by atoms with Gasteiger partial charge in [0.2, 0.25) is 10.0 Å². The number of anilines is 2. The molecule has 5 nitrogen and oxygen atoms in total. The molecular weight excluding hydrogens is 238 g/mol. The molecule has 1 saturated carbocycles. The minimum Gasteiger partial charge on any atom is -0.397 e. The van der Waals surface area contributed by atoms with Gasteiger partial charge in [-0.15, -0.1) is 0 Å². The van der Waals surface area contributed by atoms with Crippen molar-refractivity contribution >= 4 is 21.4 Å². The molecule has 0 bridgehead atoms. The zero-order chi connectivity index (χ0) is 12.6. The molecule has 0 saturated heterocycles. The highest BCUT2D eigenvalue weighted by Gasteiger charge is 2.27. The standard InChI is InChI=1S/C11H17N3O2S/c1-13-17(15,16)9-5-6-11(10(12)7-9)14(2)8-3-4-8/h5-8,13H,3-4,12H2,1-2H3. The van der Waals surface area contributed by atoms with Crippen molar-refractivity contribution in [3.05, 3.63) is 18.2 Å². The van der Waals surface area contributed by atoms with Crippen molar-refractivity contribution in [2.45, 2.75) is 23.8 Å². The second-order valence-corrected chi connectivity index (χ2v) is 6.16. The SMILES string of the molecule is CNS(=O)(=O)c1ccc(N(C)C2CC2)c(N)c1. The average Bonchev–Trinajstić information content (AvgIpc) is 3.12. The maximum absolute atomic E-state index is 11.6. The largest absolute Gasteiger partial charge is 0.397 e. The van der Waals surface area contributed by atoms with Crippen molar-refractivity contribution in [1.82, 2.24) is 4.72 Å². The van der Waals surface area contributed by atoms with E-state index in [9.17, 15) is 8.42 Å². The summed E-state index contributed by atoms with van der Waals surface area (Å²) in [6.07, 6.45) is 2.35. The lowest BCUT2D eigenvalue weighted by Gasteiger charge is -2.21. The van der Waals surface area contributed by atoms with Gasteiger partial charge in [-0.25, -0.2) is 13.1 Å². The number of nitrogens with one attached hydrogen (secondary N) is 1. The fourth-order valence-corrected chi connectivity index (χ4v) is 2.56. The van der Waals surface area contributed by atoms with E-state index in [1.165, 1.54) is 26.0 Å². The van der Waals surface area contributed by atoms with Gasteiger partial charge in [0.1, 0.15) is 0 Å². The van der Waals surface area contributed by atoms with Crippen LogP contribution >= 0.6 is 0 Å². The highest BCUT2D eigenvalue weighted by Crippen LogP contribution is 2.34. The Kier molecular flexibility index (Phi) is 3.01. The van der Waals surface area contributed by atoms with Crippen LogP contribution in [0.1, 0.15) is 12.8 Å². The lowest BCUT2D eigenvalue weighted by atomic mass is 10.2. The van der Waals surface area contributed by atoms with E-state index in [1.54, 1.807) is 12.1 Å². The van der Waals surface area contributed by atoms with Crippen molar-refractivity contribution in [3.8, 4) is 0 Å². The fourth-order valence-electron chi connectivity index (χ4n) is 1.80. The zero-order valence-corrected chi connectivity index (χ0v) is 10.8. The van der Waals surface area contributed by atoms with Gasteiger partial charge in [-0.1, -0.05) is 0 Å². The van der Waals surface area contributed by atoms with Crippen molar-refractivity contribution < 1.29 is 8.42 Å². The number of nitrogens with zero attached hydrogens (tertiary/aromatic N) is 1. The number of benzene rings is 1. The summed E-state index contributed by atoms with van der Waals surface area (Å²) in [5, 5.41) is 0. The van der Waals surface area contributed by atoms with E-state index in [2.05, 4.69) is 9.62 Å². The lowest BCUT2D eigenvalue weighted by molar-refractivity contribution is 0.588. The van der Waals surface area contributed by atoms with Crippen LogP contribution in [-0.2, 0) is 10.0 Å². The van der Waals surface area contributed by atoms with Crippen molar-refractivity contribution in [2.24, 2.45) is 0 Å². The van der Waals surface area contributed by atoms with Crippen LogP contribution in [0.3, 0.4) is 0 Å². The quantitative estimate of drug-likeness (QED) is 0.779. The summed E-state index contributed by atoms with van der Waals surface area (Å²) in [4.78, 5) is 2.30. The molecule has 1 aliphatic rings. The van der Waals surface area contributed by atoms with E-state index >= 15 is 0 Å². The predicted octanol–water partition coefficient (Wildman–Crippen LogP) is 0.775. The van der Waals surface area contributed by atoms with Gasteiger partial charge in [0, 0.05) is 13.1 Å². The molecule has 17 heavy (non-hydrogen) atoms. The van der Waals surface area contributed by atoms with E-state index in [1.807, 2.05) is 7.05 Å². The van der Waals surface area contributed by atoms with E-state index in [0.717, 1.165) is 5.69 Å². The Bertz CT molecular complexity index is 524. The third kappa shape index (κ3) is 2.37. The van der Waals surface area contributed by atoms with E-state index in [-0.39, 0.29) is 4.90 Å². The first kappa shape index (κ1) is 12.2. The molecule has 0 aromatic heterocycles. The summed E-state index contributed by atoms with van der Waals surface area (Å²) in [6, 6.07) is 5.39. The van der Waals surface area contributed by atoms with Gasteiger partial charge < -0.3 is 10.6 Å². The molecule has 0 radical (unpaired) electrons. The van der Waals surface area contributed by atoms with Gasteiger partial charge in [-0.3, -0.25) is 0 Å². The topological polar surface area (TPSA) is 75.4 Å². The van der Waals surface area contributed by atoms with Gasteiger partial charge in [0.15, 0.2) is 0 Å². The molecule has 2 rings (SSSR count). The molecule has 1 aromatic rings. The molecule has 1 aromatic carbocycles. The Morgan fingerprint density at radius 2 is 2.06 bits per heavy atom. The summed E-state index contributed by atoms with van der Waals surface area (Å²) < 4.78 is 25.5. The highest BCUT2D eigenvalue weighted by molar-refractivity contribution is 7.89. The third-order valence-electron chi connectivity index (χ3n) is 3.05. The molecular formula is C11H17N3O2S. The van der Waals surface area contributed by atoms with E-state index < -0.39 is 10.0 Å². The Morgan fingerprint density at radius 1 is 1.41 bits per heavy atom. The summed E-state index contributed by atoms with van der Waals surface area (Å²) in [7, 11) is -0.0499. The van der Waals surface area contributed by atoms with Crippen LogP contribution in [0.4, 0.5) is 11.4 Å². The monoisotopic (exact) mass is 255 g/mol. The Hall–Kier alpha value is -1.27. The number of nitrogen functional groups attached to an aromatic ring is 1. The minimum absolute atomic E-state index is 0.199. The van der Waals surface area contributed by atoms with Crippen LogP contribution in [0.15, 0.2) is 23.1 Å². The number of rotatable bonds is 4. The van der Waals surface area contributed by atoms with Crippen LogP contribution < -0.4 is 15.4 Å². The van der Waals surface area contributed by atoms with Gasteiger partial charge in [0.25, 0.3) is 0 Å². The van der Waals surface area contributed by atoms with Crippen LogP contribution in [-0.4, -0.2) is 28.6 Å². The molecule has 1 fully saturated rings.